The number of aliphatic hydroxyl groups excluding tert-OH is 1. The highest BCUT2D eigenvalue weighted by Crippen LogP contribution is 2.31. The first-order chi connectivity index (χ1) is 9.63. The summed E-state index contributed by atoms with van der Waals surface area (Å²) in [6.45, 7) is 7.16. The maximum atomic E-state index is 12.5. The summed E-state index contributed by atoms with van der Waals surface area (Å²) in [4.78, 5) is 25.6. The van der Waals surface area contributed by atoms with Crippen molar-refractivity contribution >= 4 is 12.0 Å². The lowest BCUT2D eigenvalue weighted by Gasteiger charge is -2.41. The van der Waals surface area contributed by atoms with Crippen LogP contribution in [-0.2, 0) is 4.79 Å². The maximum Gasteiger partial charge on any atom is 0.318 e. The molecule has 0 aliphatic carbocycles. The molecule has 1 saturated heterocycles. The van der Waals surface area contributed by atoms with Gasteiger partial charge in [0, 0.05) is 6.54 Å². The van der Waals surface area contributed by atoms with Crippen LogP contribution in [0.15, 0.2) is 0 Å². The molecule has 1 atom stereocenters. The molecule has 0 radical (unpaired) electrons. The van der Waals surface area contributed by atoms with Gasteiger partial charge in [0.25, 0.3) is 0 Å². The summed E-state index contributed by atoms with van der Waals surface area (Å²) in [5.41, 5.74) is -1.99. The molecular weight excluding hydrogens is 272 g/mol. The van der Waals surface area contributed by atoms with Gasteiger partial charge >= 0.3 is 12.0 Å². The summed E-state index contributed by atoms with van der Waals surface area (Å²) in [5, 5.41) is 21.6. The molecule has 0 aromatic heterocycles. The number of hydrogen-bond donors (Lipinski definition) is 3. The Morgan fingerprint density at radius 1 is 1.19 bits per heavy atom. The fraction of sp³-hybridized carbons (Fsp3) is 0.867. The standard InChI is InChI=1S/C15H28N2O4/c1-14(2,12(19)20)15(3,4)16-13(21)17-9-7-5-6-8-11(17)10-18/h11,18H,5-10H2,1-4H3,(H,16,21)(H,19,20). The lowest BCUT2D eigenvalue weighted by molar-refractivity contribution is -0.150. The normalized spacial score (nSPS) is 20.8. The Hall–Kier alpha value is -1.30. The summed E-state index contributed by atoms with van der Waals surface area (Å²) < 4.78 is 0. The number of aliphatic hydroxyl groups is 1. The van der Waals surface area contributed by atoms with Crippen molar-refractivity contribution in [2.45, 2.75) is 65.0 Å². The fourth-order valence-electron chi connectivity index (χ4n) is 2.40. The molecule has 1 aliphatic rings. The minimum absolute atomic E-state index is 0.0594. The van der Waals surface area contributed by atoms with Crippen molar-refractivity contribution in [1.29, 1.82) is 0 Å². The first-order valence-corrected chi connectivity index (χ1v) is 7.56. The van der Waals surface area contributed by atoms with Crippen LogP contribution in [0.3, 0.4) is 0 Å². The number of carbonyl (C=O) groups is 2. The van der Waals surface area contributed by atoms with E-state index in [-0.39, 0.29) is 18.7 Å². The van der Waals surface area contributed by atoms with Crippen molar-refractivity contribution in [3.8, 4) is 0 Å². The molecule has 1 unspecified atom stereocenters. The molecule has 0 aromatic rings. The maximum absolute atomic E-state index is 12.5. The third kappa shape index (κ3) is 3.87. The van der Waals surface area contributed by atoms with Gasteiger partial charge in [-0.2, -0.15) is 0 Å². The van der Waals surface area contributed by atoms with Crippen molar-refractivity contribution < 1.29 is 19.8 Å². The first-order valence-electron chi connectivity index (χ1n) is 7.56. The molecule has 122 valence electrons. The fourth-order valence-corrected chi connectivity index (χ4v) is 2.40. The van der Waals surface area contributed by atoms with E-state index in [1.54, 1.807) is 32.6 Å². The monoisotopic (exact) mass is 300 g/mol. The van der Waals surface area contributed by atoms with Gasteiger partial charge in [-0.15, -0.1) is 0 Å². The molecule has 0 saturated carbocycles. The van der Waals surface area contributed by atoms with E-state index in [2.05, 4.69) is 5.32 Å². The SMILES string of the molecule is CC(C)(NC(=O)N1CCCCCC1CO)C(C)(C)C(=O)O. The van der Waals surface area contributed by atoms with Crippen molar-refractivity contribution in [3.05, 3.63) is 0 Å². The molecule has 3 N–H and O–H groups in total. The van der Waals surface area contributed by atoms with Gasteiger partial charge in [-0.25, -0.2) is 4.79 Å². The van der Waals surface area contributed by atoms with E-state index in [0.717, 1.165) is 25.7 Å². The van der Waals surface area contributed by atoms with Crippen LogP contribution in [-0.4, -0.2) is 51.8 Å². The number of amides is 2. The van der Waals surface area contributed by atoms with Crippen LogP contribution < -0.4 is 5.32 Å². The van der Waals surface area contributed by atoms with Crippen molar-refractivity contribution in [2.24, 2.45) is 5.41 Å². The number of aliphatic carboxylic acids is 1. The molecule has 1 heterocycles. The highest BCUT2D eigenvalue weighted by molar-refractivity contribution is 5.80. The molecule has 1 fully saturated rings. The minimum Gasteiger partial charge on any atom is -0.481 e. The third-order valence-corrected chi connectivity index (χ3v) is 4.87. The zero-order valence-electron chi connectivity index (χ0n) is 13.5. The van der Waals surface area contributed by atoms with Gasteiger partial charge in [0.15, 0.2) is 0 Å². The van der Waals surface area contributed by atoms with Gasteiger partial charge in [-0.3, -0.25) is 4.79 Å². The molecule has 6 nitrogen and oxygen atoms in total. The number of rotatable bonds is 4. The largest absolute Gasteiger partial charge is 0.481 e. The van der Waals surface area contributed by atoms with Gasteiger partial charge < -0.3 is 20.4 Å². The van der Waals surface area contributed by atoms with Crippen molar-refractivity contribution in [1.82, 2.24) is 10.2 Å². The summed E-state index contributed by atoms with van der Waals surface area (Å²) in [6.07, 6.45) is 3.74. The Balaban J connectivity index is 2.85. The van der Waals surface area contributed by atoms with Crippen LogP contribution in [0.2, 0.25) is 0 Å². The van der Waals surface area contributed by atoms with E-state index in [1.165, 1.54) is 0 Å². The second kappa shape index (κ2) is 6.64. The number of carboxylic acid groups (broad SMARTS) is 1. The highest BCUT2D eigenvalue weighted by Gasteiger charge is 2.45. The Labute approximate surface area is 126 Å². The Bertz CT molecular complexity index is 393. The number of likely N-dealkylation sites (tertiary alicyclic amines) is 1. The van der Waals surface area contributed by atoms with Crippen LogP contribution in [0.4, 0.5) is 4.79 Å². The average molecular weight is 300 g/mol. The van der Waals surface area contributed by atoms with Gasteiger partial charge in [0.1, 0.15) is 0 Å². The molecular formula is C15H28N2O4. The number of nitrogens with zero attached hydrogens (tertiary/aromatic N) is 1. The number of carbonyl (C=O) groups excluding carboxylic acids is 1. The van der Waals surface area contributed by atoms with Crippen LogP contribution in [0.25, 0.3) is 0 Å². The molecule has 0 bridgehead atoms. The minimum atomic E-state index is -1.09. The predicted octanol–water partition coefficient (Wildman–Crippen LogP) is 1.82. The smallest absolute Gasteiger partial charge is 0.318 e. The van der Waals surface area contributed by atoms with Gasteiger partial charge in [-0.1, -0.05) is 12.8 Å². The van der Waals surface area contributed by atoms with E-state index in [0.29, 0.717) is 6.54 Å². The van der Waals surface area contributed by atoms with Crippen LogP contribution in [0, 0.1) is 5.41 Å². The molecule has 1 aliphatic heterocycles. The topological polar surface area (TPSA) is 89.9 Å². The van der Waals surface area contributed by atoms with E-state index < -0.39 is 16.9 Å². The average Bonchev–Trinajstić information content (AvgIpc) is 2.62. The molecule has 1 rings (SSSR count). The molecule has 0 spiro atoms. The molecule has 2 amide bonds. The van der Waals surface area contributed by atoms with Crippen molar-refractivity contribution in [3.63, 3.8) is 0 Å². The highest BCUT2D eigenvalue weighted by atomic mass is 16.4. The summed E-state index contributed by atoms with van der Waals surface area (Å²) in [6, 6.07) is -0.480. The zero-order valence-corrected chi connectivity index (χ0v) is 13.5. The van der Waals surface area contributed by atoms with Crippen molar-refractivity contribution in [2.75, 3.05) is 13.2 Å². The number of nitrogens with one attached hydrogen (secondary N) is 1. The van der Waals surface area contributed by atoms with Gasteiger partial charge in [0.05, 0.1) is 23.6 Å². The third-order valence-electron chi connectivity index (χ3n) is 4.87. The Morgan fingerprint density at radius 2 is 1.81 bits per heavy atom. The second-order valence-electron chi connectivity index (χ2n) is 6.86. The van der Waals surface area contributed by atoms with E-state index in [9.17, 15) is 19.8 Å². The first kappa shape index (κ1) is 17.8. The van der Waals surface area contributed by atoms with E-state index in [4.69, 9.17) is 0 Å². The number of hydrogen-bond acceptors (Lipinski definition) is 3. The van der Waals surface area contributed by atoms with Gasteiger partial charge in [0.2, 0.25) is 0 Å². The quantitative estimate of drug-likeness (QED) is 0.739. The lowest BCUT2D eigenvalue weighted by Crippen LogP contribution is -2.61. The number of carboxylic acids is 1. The van der Waals surface area contributed by atoms with Crippen LogP contribution >= 0.6 is 0 Å². The number of urea groups is 1. The molecule has 6 heteroatoms. The summed E-state index contributed by atoms with van der Waals surface area (Å²) in [5.74, 6) is -0.956. The van der Waals surface area contributed by atoms with Crippen LogP contribution in [0.1, 0.15) is 53.4 Å². The second-order valence-corrected chi connectivity index (χ2v) is 6.86. The predicted molar refractivity (Wildman–Crippen MR) is 80.1 cm³/mol. The van der Waals surface area contributed by atoms with Crippen LogP contribution in [0.5, 0.6) is 0 Å². The molecule has 21 heavy (non-hydrogen) atoms. The van der Waals surface area contributed by atoms with E-state index >= 15 is 0 Å². The Kier molecular flexibility index (Phi) is 5.61. The van der Waals surface area contributed by atoms with Gasteiger partial charge in [-0.05, 0) is 40.5 Å². The summed E-state index contributed by atoms with van der Waals surface area (Å²) >= 11 is 0. The Morgan fingerprint density at radius 3 is 2.33 bits per heavy atom. The van der Waals surface area contributed by atoms with E-state index in [1.807, 2.05) is 0 Å². The molecule has 0 aromatic carbocycles. The summed E-state index contributed by atoms with van der Waals surface area (Å²) in [7, 11) is 0. The lowest BCUT2D eigenvalue weighted by atomic mass is 9.74. The zero-order chi connectivity index (χ0) is 16.3.